The van der Waals surface area contributed by atoms with Crippen LogP contribution in [0, 0.1) is 5.82 Å². The highest BCUT2D eigenvalue weighted by Gasteiger charge is 2.22. The first kappa shape index (κ1) is 19.0. The second-order valence-electron chi connectivity index (χ2n) is 7.91. The van der Waals surface area contributed by atoms with Crippen LogP contribution in [0.25, 0.3) is 21.8 Å². The number of ether oxygens (including phenoxy) is 1. The minimum absolute atomic E-state index is 0.0763. The average Bonchev–Trinajstić information content (AvgIpc) is 3.12. The number of benzene rings is 2. The third-order valence-corrected chi connectivity index (χ3v) is 6.01. The van der Waals surface area contributed by atoms with Crippen LogP contribution in [-0.4, -0.2) is 34.7 Å². The maximum atomic E-state index is 13.8. The largest absolute Gasteiger partial charge is 0.383 e. The smallest absolute Gasteiger partial charge is 0.255 e. The number of nitrogens with zero attached hydrogens (tertiary/aromatic N) is 2. The zero-order valence-corrected chi connectivity index (χ0v) is 17.0. The van der Waals surface area contributed by atoms with Crippen molar-refractivity contribution in [2.75, 3.05) is 20.3 Å². The number of hydrogen-bond acceptors (Lipinski definition) is 3. The van der Waals surface area contributed by atoms with Crippen molar-refractivity contribution in [2.24, 2.45) is 0 Å². The lowest BCUT2D eigenvalue weighted by Gasteiger charge is -2.27. The van der Waals surface area contributed by atoms with Gasteiger partial charge in [0.2, 0.25) is 0 Å². The number of methoxy groups -OCH3 is 1. The van der Waals surface area contributed by atoms with E-state index in [0.29, 0.717) is 25.2 Å². The molecule has 5 nitrogen and oxygen atoms in total. The fourth-order valence-electron chi connectivity index (χ4n) is 4.55. The Balaban J connectivity index is 1.48. The summed E-state index contributed by atoms with van der Waals surface area (Å²) < 4.78 is 20.6. The van der Waals surface area contributed by atoms with Gasteiger partial charge in [0.15, 0.2) is 0 Å². The van der Waals surface area contributed by atoms with Crippen LogP contribution in [-0.2, 0) is 30.8 Å². The summed E-state index contributed by atoms with van der Waals surface area (Å²) in [5, 5.41) is 2.16. The molecule has 1 aliphatic heterocycles. The number of fused-ring (bicyclic) bond motifs is 4. The average molecular weight is 405 g/mol. The van der Waals surface area contributed by atoms with Gasteiger partial charge in [0.1, 0.15) is 5.82 Å². The van der Waals surface area contributed by atoms with Crippen LogP contribution in [0.15, 0.2) is 53.3 Å². The molecule has 0 radical (unpaired) electrons. The lowest BCUT2D eigenvalue weighted by molar-refractivity contribution is 0.187. The minimum Gasteiger partial charge on any atom is -0.383 e. The quantitative estimate of drug-likeness (QED) is 0.549. The van der Waals surface area contributed by atoms with Gasteiger partial charge in [0.05, 0.1) is 12.1 Å². The van der Waals surface area contributed by atoms with Crippen molar-refractivity contribution in [1.82, 2.24) is 14.5 Å². The molecular weight excluding hydrogens is 381 g/mol. The van der Waals surface area contributed by atoms with E-state index in [2.05, 4.69) is 28.1 Å². The molecule has 5 rings (SSSR count). The molecule has 6 heteroatoms. The lowest BCUT2D eigenvalue weighted by Crippen LogP contribution is -2.34. The molecule has 0 unspecified atom stereocenters. The molecule has 0 saturated carbocycles. The van der Waals surface area contributed by atoms with Gasteiger partial charge in [-0.3, -0.25) is 9.69 Å². The van der Waals surface area contributed by atoms with Gasteiger partial charge in [-0.15, -0.1) is 0 Å². The second-order valence-corrected chi connectivity index (χ2v) is 7.91. The Morgan fingerprint density at radius 3 is 2.90 bits per heavy atom. The molecule has 0 amide bonds. The van der Waals surface area contributed by atoms with Crippen molar-refractivity contribution >= 4 is 21.8 Å². The standard InChI is InChI=1S/C24H24FN3O2/c1-30-11-10-28-23-13-18(25)7-6-16(23)12-17(24(28)29)14-27-9-8-20-19-4-2-3-5-21(19)26-22(20)15-27/h2-7,12-13,26H,8-11,14-15H2,1H3. The number of rotatable bonds is 5. The van der Waals surface area contributed by atoms with E-state index >= 15 is 0 Å². The molecule has 1 N–H and O–H groups in total. The molecule has 1 aliphatic rings. The summed E-state index contributed by atoms with van der Waals surface area (Å²) >= 11 is 0. The Kier molecular flexibility index (Phi) is 4.89. The summed E-state index contributed by atoms with van der Waals surface area (Å²) in [7, 11) is 1.60. The summed E-state index contributed by atoms with van der Waals surface area (Å²) in [6, 6.07) is 14.9. The number of hydrogen-bond donors (Lipinski definition) is 1. The van der Waals surface area contributed by atoms with Gasteiger partial charge >= 0.3 is 0 Å². The molecule has 3 heterocycles. The first-order valence-electron chi connectivity index (χ1n) is 10.3. The van der Waals surface area contributed by atoms with Gasteiger partial charge in [-0.2, -0.15) is 0 Å². The van der Waals surface area contributed by atoms with Gasteiger partial charge in [0.25, 0.3) is 5.56 Å². The van der Waals surface area contributed by atoms with Gasteiger partial charge in [0, 0.05) is 55.4 Å². The highest BCUT2D eigenvalue weighted by Crippen LogP contribution is 2.28. The van der Waals surface area contributed by atoms with Crippen LogP contribution in [0.3, 0.4) is 0 Å². The van der Waals surface area contributed by atoms with Crippen LogP contribution < -0.4 is 5.56 Å². The van der Waals surface area contributed by atoms with E-state index in [-0.39, 0.29) is 11.4 Å². The molecule has 0 bridgehead atoms. The zero-order valence-electron chi connectivity index (χ0n) is 17.0. The van der Waals surface area contributed by atoms with Crippen molar-refractivity contribution in [1.29, 1.82) is 0 Å². The summed E-state index contributed by atoms with van der Waals surface area (Å²) in [6.45, 7) is 3.04. The molecule has 154 valence electrons. The van der Waals surface area contributed by atoms with Crippen molar-refractivity contribution in [3.63, 3.8) is 0 Å². The second kappa shape index (κ2) is 7.70. The monoisotopic (exact) mass is 405 g/mol. The zero-order chi connectivity index (χ0) is 20.7. The number of nitrogens with one attached hydrogen (secondary N) is 1. The molecule has 0 fully saturated rings. The highest BCUT2D eigenvalue weighted by molar-refractivity contribution is 5.85. The lowest BCUT2D eigenvalue weighted by atomic mass is 10.0. The van der Waals surface area contributed by atoms with Gasteiger partial charge in [-0.25, -0.2) is 4.39 Å². The fourth-order valence-corrected chi connectivity index (χ4v) is 4.55. The summed E-state index contributed by atoms with van der Waals surface area (Å²) in [5.41, 5.74) is 5.03. The van der Waals surface area contributed by atoms with Gasteiger partial charge in [-0.05, 0) is 47.7 Å². The first-order chi connectivity index (χ1) is 14.6. The van der Waals surface area contributed by atoms with E-state index in [1.807, 2.05) is 12.1 Å². The number of aromatic amines is 1. The molecule has 0 saturated heterocycles. The predicted octanol–water partition coefficient (Wildman–Crippen LogP) is 3.83. The van der Waals surface area contributed by atoms with E-state index in [9.17, 15) is 9.18 Å². The van der Waals surface area contributed by atoms with Crippen molar-refractivity contribution in [2.45, 2.75) is 26.1 Å². The minimum atomic E-state index is -0.344. The van der Waals surface area contributed by atoms with E-state index < -0.39 is 0 Å². The number of para-hydroxylation sites is 1. The topological polar surface area (TPSA) is 50.3 Å². The van der Waals surface area contributed by atoms with Crippen LogP contribution in [0.2, 0.25) is 0 Å². The predicted molar refractivity (Wildman–Crippen MR) is 116 cm³/mol. The van der Waals surface area contributed by atoms with Crippen LogP contribution in [0.5, 0.6) is 0 Å². The summed E-state index contributed by atoms with van der Waals surface area (Å²) in [6.07, 6.45) is 0.954. The van der Waals surface area contributed by atoms with Gasteiger partial charge in [-0.1, -0.05) is 18.2 Å². The van der Waals surface area contributed by atoms with Crippen molar-refractivity contribution in [3.8, 4) is 0 Å². The van der Waals surface area contributed by atoms with Crippen molar-refractivity contribution in [3.05, 3.63) is 81.5 Å². The van der Waals surface area contributed by atoms with E-state index in [0.717, 1.165) is 30.5 Å². The molecule has 2 aromatic heterocycles. The maximum Gasteiger partial charge on any atom is 0.255 e. The number of pyridine rings is 1. The Morgan fingerprint density at radius 2 is 2.03 bits per heavy atom. The Morgan fingerprint density at radius 1 is 1.17 bits per heavy atom. The molecule has 30 heavy (non-hydrogen) atoms. The van der Waals surface area contributed by atoms with Crippen LogP contribution >= 0.6 is 0 Å². The van der Waals surface area contributed by atoms with E-state index in [1.165, 1.54) is 34.3 Å². The Bertz CT molecular complexity index is 1290. The SMILES string of the molecule is COCCn1c(=O)c(CN2CCc3c([nH]c4ccccc34)C2)cc2ccc(F)cc21. The number of aromatic nitrogens is 2. The molecule has 4 aromatic rings. The maximum absolute atomic E-state index is 13.8. The fraction of sp³-hybridized carbons (Fsp3) is 0.292. The Hall–Kier alpha value is -2.96. The normalized spacial score (nSPS) is 14.5. The van der Waals surface area contributed by atoms with Crippen LogP contribution in [0.1, 0.15) is 16.8 Å². The van der Waals surface area contributed by atoms with E-state index in [4.69, 9.17) is 4.74 Å². The number of H-pyrrole nitrogens is 1. The summed E-state index contributed by atoms with van der Waals surface area (Å²) in [4.78, 5) is 19.0. The first-order valence-corrected chi connectivity index (χ1v) is 10.3. The Labute approximate surface area is 173 Å². The molecule has 0 aliphatic carbocycles. The number of halogens is 1. The third-order valence-electron chi connectivity index (χ3n) is 6.01. The summed E-state index contributed by atoms with van der Waals surface area (Å²) in [5.74, 6) is -0.344. The molecule has 0 spiro atoms. The molecule has 0 atom stereocenters. The van der Waals surface area contributed by atoms with Crippen LogP contribution in [0.4, 0.5) is 4.39 Å². The van der Waals surface area contributed by atoms with Gasteiger partial charge < -0.3 is 14.3 Å². The molecule has 2 aromatic carbocycles. The highest BCUT2D eigenvalue weighted by atomic mass is 19.1. The third kappa shape index (κ3) is 3.32. The van der Waals surface area contributed by atoms with Crippen molar-refractivity contribution < 1.29 is 9.13 Å². The molecular formula is C24H24FN3O2. The van der Waals surface area contributed by atoms with E-state index in [1.54, 1.807) is 17.7 Å².